The van der Waals surface area contributed by atoms with Crippen LogP contribution in [0.4, 0.5) is 4.79 Å². The number of amides is 2. The Morgan fingerprint density at radius 2 is 1.83 bits per heavy atom. The summed E-state index contributed by atoms with van der Waals surface area (Å²) in [6, 6.07) is -0.161. The molecular weight excluding hydrogens is 380 g/mol. The lowest BCUT2D eigenvalue weighted by Gasteiger charge is -2.25. The number of rotatable bonds is 17. The largest absolute Gasteiger partial charge is 0.497 e. The van der Waals surface area contributed by atoms with Crippen LogP contribution in [0.15, 0.2) is 47.9 Å². The van der Waals surface area contributed by atoms with Gasteiger partial charge in [-0.25, -0.2) is 4.79 Å². The third kappa shape index (κ3) is 13.2. The lowest BCUT2D eigenvalue weighted by molar-refractivity contribution is 0.157. The zero-order chi connectivity index (χ0) is 22.6. The van der Waals surface area contributed by atoms with Gasteiger partial charge in [-0.3, -0.25) is 0 Å². The van der Waals surface area contributed by atoms with E-state index in [0.717, 1.165) is 44.3 Å². The maximum absolute atomic E-state index is 13.0. The quantitative estimate of drug-likeness (QED) is 0.199. The van der Waals surface area contributed by atoms with Gasteiger partial charge in [0.15, 0.2) is 0 Å². The molecule has 0 aromatic heterocycles. The Labute approximate surface area is 183 Å². The van der Waals surface area contributed by atoms with Crippen molar-refractivity contribution >= 4 is 6.03 Å². The van der Waals surface area contributed by atoms with Crippen LogP contribution < -0.4 is 5.32 Å². The summed E-state index contributed by atoms with van der Waals surface area (Å²) in [7, 11) is 3.22. The molecular formula is C24H42N2O4. The van der Waals surface area contributed by atoms with E-state index in [-0.39, 0.29) is 6.03 Å². The van der Waals surface area contributed by atoms with Crippen LogP contribution in [-0.2, 0) is 14.2 Å². The number of unbranched alkanes of at least 4 members (excludes halogenated alkanes) is 3. The van der Waals surface area contributed by atoms with Crippen molar-refractivity contribution in [2.24, 2.45) is 0 Å². The van der Waals surface area contributed by atoms with E-state index in [9.17, 15) is 4.79 Å². The molecule has 0 heterocycles. The summed E-state index contributed by atoms with van der Waals surface area (Å²) in [5.74, 6) is 0.572. The van der Waals surface area contributed by atoms with E-state index in [1.807, 2.05) is 31.2 Å². The van der Waals surface area contributed by atoms with Gasteiger partial charge in [0, 0.05) is 31.5 Å². The standard InChI is InChI=1S/C24H42N2O4/c1-7-10-12-18-30-19-15-23(14-13-17-28-5)25-24(27)26(16-11-8-2)20-22(9-3)21(4)29-6/h9,13-15H,4,7-8,10-12,16-20H2,1-3,5-6H3,(H,25,27)/b14-13-,22-9-,23-15+. The van der Waals surface area contributed by atoms with Crippen LogP contribution in [-0.4, -0.2) is 58.1 Å². The van der Waals surface area contributed by atoms with E-state index >= 15 is 0 Å². The lowest BCUT2D eigenvalue weighted by atomic mass is 10.2. The minimum atomic E-state index is -0.161. The molecule has 1 N–H and O–H groups in total. The first kappa shape index (κ1) is 27.9. The minimum absolute atomic E-state index is 0.161. The van der Waals surface area contributed by atoms with Gasteiger partial charge in [0.25, 0.3) is 0 Å². The van der Waals surface area contributed by atoms with Crippen LogP contribution in [0, 0.1) is 0 Å². The lowest BCUT2D eigenvalue weighted by Crippen LogP contribution is -2.41. The molecule has 0 aromatic carbocycles. The van der Waals surface area contributed by atoms with Gasteiger partial charge < -0.3 is 24.4 Å². The summed E-state index contributed by atoms with van der Waals surface area (Å²) in [5.41, 5.74) is 1.59. The molecule has 6 nitrogen and oxygen atoms in total. The number of nitrogens with zero attached hydrogens (tertiary/aromatic N) is 1. The van der Waals surface area contributed by atoms with E-state index < -0.39 is 0 Å². The van der Waals surface area contributed by atoms with Crippen molar-refractivity contribution in [1.82, 2.24) is 10.2 Å². The van der Waals surface area contributed by atoms with Crippen molar-refractivity contribution in [3.63, 3.8) is 0 Å². The molecule has 0 radical (unpaired) electrons. The number of urea groups is 1. The fourth-order valence-corrected chi connectivity index (χ4v) is 2.60. The average Bonchev–Trinajstić information content (AvgIpc) is 2.75. The van der Waals surface area contributed by atoms with Crippen LogP contribution in [0.25, 0.3) is 0 Å². The van der Waals surface area contributed by atoms with Crippen LogP contribution in [0.3, 0.4) is 0 Å². The van der Waals surface area contributed by atoms with Crippen molar-refractivity contribution < 1.29 is 19.0 Å². The molecule has 0 rings (SSSR count). The Hall–Kier alpha value is -2.05. The molecule has 2 amide bonds. The first-order chi connectivity index (χ1) is 14.5. The van der Waals surface area contributed by atoms with Crippen molar-refractivity contribution in [3.05, 3.63) is 47.9 Å². The summed E-state index contributed by atoms with van der Waals surface area (Å²) in [6.45, 7) is 12.9. The number of hydrogen-bond donors (Lipinski definition) is 1. The van der Waals surface area contributed by atoms with E-state index in [4.69, 9.17) is 14.2 Å². The second-order valence-corrected chi connectivity index (χ2v) is 6.95. The van der Waals surface area contributed by atoms with Crippen molar-refractivity contribution in [1.29, 1.82) is 0 Å². The number of methoxy groups -OCH3 is 2. The molecule has 0 saturated heterocycles. The fourth-order valence-electron chi connectivity index (χ4n) is 2.60. The number of hydrogen-bond acceptors (Lipinski definition) is 4. The highest BCUT2D eigenvalue weighted by atomic mass is 16.5. The van der Waals surface area contributed by atoms with Gasteiger partial charge in [0.2, 0.25) is 0 Å². The maximum Gasteiger partial charge on any atom is 0.322 e. The molecule has 0 spiro atoms. The monoisotopic (exact) mass is 422 g/mol. The highest BCUT2D eigenvalue weighted by molar-refractivity contribution is 5.77. The molecule has 30 heavy (non-hydrogen) atoms. The molecule has 0 aliphatic heterocycles. The average molecular weight is 423 g/mol. The van der Waals surface area contributed by atoms with Crippen LogP contribution in [0.5, 0.6) is 0 Å². The fraction of sp³-hybridized carbons (Fsp3) is 0.625. The summed E-state index contributed by atoms with van der Waals surface area (Å²) in [4.78, 5) is 14.8. The molecule has 0 aliphatic rings. The van der Waals surface area contributed by atoms with Gasteiger partial charge in [-0.15, -0.1) is 0 Å². The molecule has 0 atom stereocenters. The highest BCUT2D eigenvalue weighted by Gasteiger charge is 2.16. The Kier molecular flexibility index (Phi) is 17.7. The maximum atomic E-state index is 13.0. The summed E-state index contributed by atoms with van der Waals surface area (Å²) >= 11 is 0. The van der Waals surface area contributed by atoms with Crippen LogP contribution in [0.2, 0.25) is 0 Å². The Balaban J connectivity index is 5.15. The number of allylic oxidation sites excluding steroid dienone is 2. The first-order valence-corrected chi connectivity index (χ1v) is 10.9. The van der Waals surface area contributed by atoms with Crippen molar-refractivity contribution in [2.75, 3.05) is 47.1 Å². The molecule has 0 unspecified atom stereocenters. The Morgan fingerprint density at radius 3 is 2.43 bits per heavy atom. The van der Waals surface area contributed by atoms with Gasteiger partial charge in [0.05, 0.1) is 26.9 Å². The Morgan fingerprint density at radius 1 is 1.10 bits per heavy atom. The molecule has 172 valence electrons. The number of ether oxygens (including phenoxy) is 3. The van der Waals surface area contributed by atoms with Gasteiger partial charge in [-0.2, -0.15) is 0 Å². The topological polar surface area (TPSA) is 60.0 Å². The molecule has 0 saturated carbocycles. The molecule has 0 fully saturated rings. The molecule has 0 aromatic rings. The summed E-state index contributed by atoms with van der Waals surface area (Å²) in [5, 5.41) is 3.00. The SMILES string of the molecule is C=C(OC)/C(=C\C)CN(CCCC)C(=O)NC(/C=C\COC)=C/COCCCCC. The van der Waals surface area contributed by atoms with Gasteiger partial charge >= 0.3 is 6.03 Å². The van der Waals surface area contributed by atoms with Crippen molar-refractivity contribution in [2.45, 2.75) is 52.9 Å². The molecule has 0 aliphatic carbocycles. The predicted octanol–water partition coefficient (Wildman–Crippen LogP) is 5.20. The second kappa shape index (κ2) is 18.9. The molecule has 6 heteroatoms. The second-order valence-electron chi connectivity index (χ2n) is 6.95. The Bertz CT molecular complexity index is 568. The first-order valence-electron chi connectivity index (χ1n) is 10.9. The van der Waals surface area contributed by atoms with Crippen LogP contribution in [0.1, 0.15) is 52.9 Å². The predicted molar refractivity (Wildman–Crippen MR) is 124 cm³/mol. The highest BCUT2D eigenvalue weighted by Crippen LogP contribution is 2.12. The van der Waals surface area contributed by atoms with Crippen molar-refractivity contribution in [3.8, 4) is 0 Å². The van der Waals surface area contributed by atoms with Gasteiger partial charge in [-0.05, 0) is 31.9 Å². The van der Waals surface area contributed by atoms with E-state index in [2.05, 4.69) is 25.7 Å². The third-order valence-electron chi connectivity index (χ3n) is 4.51. The van der Waals surface area contributed by atoms with Gasteiger partial charge in [0.1, 0.15) is 5.76 Å². The van der Waals surface area contributed by atoms with E-state index in [1.165, 1.54) is 0 Å². The smallest absolute Gasteiger partial charge is 0.322 e. The summed E-state index contributed by atoms with van der Waals surface area (Å²) < 4.78 is 16.0. The zero-order valence-corrected chi connectivity index (χ0v) is 19.7. The summed E-state index contributed by atoms with van der Waals surface area (Å²) in [6.07, 6.45) is 12.8. The zero-order valence-electron chi connectivity index (χ0n) is 19.7. The normalized spacial score (nSPS) is 12.3. The number of carbonyl (C=O) groups excluding carboxylic acids is 1. The third-order valence-corrected chi connectivity index (χ3v) is 4.51. The van der Waals surface area contributed by atoms with Crippen LogP contribution >= 0.6 is 0 Å². The minimum Gasteiger partial charge on any atom is -0.497 e. The molecule has 0 bridgehead atoms. The van der Waals surface area contributed by atoms with E-state index in [0.29, 0.717) is 37.8 Å². The number of carbonyl (C=O) groups is 1. The number of nitrogens with one attached hydrogen (secondary N) is 1. The van der Waals surface area contributed by atoms with E-state index in [1.54, 1.807) is 19.1 Å². The van der Waals surface area contributed by atoms with Gasteiger partial charge in [-0.1, -0.05) is 51.8 Å².